The van der Waals surface area contributed by atoms with E-state index < -0.39 is 0 Å². The average Bonchev–Trinajstić information content (AvgIpc) is 3.44. The number of anilines is 1. The van der Waals surface area contributed by atoms with Crippen molar-refractivity contribution in [1.82, 2.24) is 19.9 Å². The van der Waals surface area contributed by atoms with Gasteiger partial charge in [-0.05, 0) is 43.2 Å². The van der Waals surface area contributed by atoms with Crippen molar-refractivity contribution in [3.63, 3.8) is 0 Å². The Morgan fingerprint density at radius 1 is 1.31 bits per heavy atom. The van der Waals surface area contributed by atoms with E-state index in [4.69, 9.17) is 0 Å². The summed E-state index contributed by atoms with van der Waals surface area (Å²) in [6, 6.07) is 7.67. The van der Waals surface area contributed by atoms with Crippen LogP contribution in [0.15, 0.2) is 35.8 Å². The van der Waals surface area contributed by atoms with Crippen molar-refractivity contribution >= 4 is 45.2 Å². The molecule has 0 aromatic carbocycles. The minimum atomic E-state index is -0.0575. The molecule has 3 aromatic rings. The third-order valence-electron chi connectivity index (χ3n) is 4.75. The Bertz CT molecular complexity index is 947. The number of pyridine rings is 1. The van der Waals surface area contributed by atoms with E-state index in [2.05, 4.69) is 26.5 Å². The second kappa shape index (κ2) is 10.0. The number of thiophene rings is 1. The molecule has 154 valence electrons. The number of rotatable bonds is 5. The van der Waals surface area contributed by atoms with Crippen molar-refractivity contribution in [2.24, 2.45) is 0 Å². The van der Waals surface area contributed by atoms with Gasteiger partial charge < -0.3 is 10.2 Å². The quantitative estimate of drug-likeness (QED) is 0.624. The van der Waals surface area contributed by atoms with Gasteiger partial charge in [0.1, 0.15) is 0 Å². The first-order valence-electron chi connectivity index (χ1n) is 9.90. The number of thioether (sulfide) groups is 1. The minimum absolute atomic E-state index is 0.00469. The fraction of sp³-hybridized carbons (Fsp3) is 0.429. The molecule has 2 atom stereocenters. The minimum Gasteiger partial charge on any atom is -0.346 e. The second-order valence-electron chi connectivity index (χ2n) is 6.55. The number of hydrogen-bond acceptors (Lipinski definition) is 7. The zero-order valence-corrected chi connectivity index (χ0v) is 18.9. The molecule has 1 fully saturated rings. The topological polar surface area (TPSA) is 71.0 Å². The van der Waals surface area contributed by atoms with Gasteiger partial charge in [-0.2, -0.15) is 11.8 Å². The molecule has 0 unspecified atom stereocenters. The number of nitrogens with one attached hydrogen (secondary N) is 1. The molecule has 1 saturated heterocycles. The molecule has 1 aliphatic heterocycles. The number of hydrogen-bond donors (Lipinski definition) is 1. The lowest BCUT2D eigenvalue weighted by atomic mass is 10.2. The molecule has 6 nitrogen and oxygen atoms in total. The Labute approximate surface area is 180 Å². The Balaban J connectivity index is 0.00000117. The SMILES string of the molecule is CC.CS[C@@H]1CCN(C(=O)c2nc(N[C@@H](C)c3ccccn3)nc3ccsc23)C1. The van der Waals surface area contributed by atoms with Crippen molar-refractivity contribution in [2.45, 2.75) is 38.5 Å². The molecule has 0 spiro atoms. The van der Waals surface area contributed by atoms with Crippen LogP contribution in [0.1, 0.15) is 49.4 Å². The maximum absolute atomic E-state index is 13.1. The number of carbonyl (C=O) groups excluding carboxylic acids is 1. The van der Waals surface area contributed by atoms with Gasteiger partial charge in [0, 0.05) is 24.5 Å². The first kappa shape index (κ1) is 21.5. The lowest BCUT2D eigenvalue weighted by Gasteiger charge is -2.18. The molecule has 0 saturated carbocycles. The highest BCUT2D eigenvalue weighted by atomic mass is 32.2. The van der Waals surface area contributed by atoms with Crippen LogP contribution in [0.3, 0.4) is 0 Å². The monoisotopic (exact) mass is 429 g/mol. The molecule has 4 rings (SSSR count). The molecule has 1 amide bonds. The highest BCUT2D eigenvalue weighted by Crippen LogP contribution is 2.28. The van der Waals surface area contributed by atoms with E-state index in [0.717, 1.165) is 35.4 Å². The number of nitrogens with zero attached hydrogens (tertiary/aromatic N) is 4. The first-order chi connectivity index (χ1) is 14.2. The first-order valence-corrected chi connectivity index (χ1v) is 12.1. The zero-order chi connectivity index (χ0) is 20.8. The number of aromatic nitrogens is 3. The molecule has 0 radical (unpaired) electrons. The third kappa shape index (κ3) is 4.87. The summed E-state index contributed by atoms with van der Waals surface area (Å²) in [5, 5.41) is 5.76. The number of likely N-dealkylation sites (tertiary alicyclic amines) is 1. The van der Waals surface area contributed by atoms with E-state index in [1.54, 1.807) is 6.20 Å². The standard InChI is InChI=1S/C19H21N5OS2.C2H6/c1-12(14-5-3-4-8-20-14)21-19-22-15-7-10-27-17(15)16(23-19)18(25)24-9-6-13(11-24)26-2;1-2/h3-5,7-8,10,12-13H,6,9,11H2,1-2H3,(H,21,22,23);1-2H3/t12-,13+;/m0./s1. The van der Waals surface area contributed by atoms with Crippen LogP contribution in [0.4, 0.5) is 5.95 Å². The fourth-order valence-electron chi connectivity index (χ4n) is 3.23. The van der Waals surface area contributed by atoms with E-state index >= 15 is 0 Å². The van der Waals surface area contributed by atoms with Crippen LogP contribution in [0, 0.1) is 0 Å². The zero-order valence-electron chi connectivity index (χ0n) is 17.3. The number of amides is 1. The molecule has 8 heteroatoms. The molecule has 1 N–H and O–H groups in total. The smallest absolute Gasteiger partial charge is 0.274 e. The summed E-state index contributed by atoms with van der Waals surface area (Å²) < 4.78 is 0.851. The van der Waals surface area contributed by atoms with Gasteiger partial charge in [-0.1, -0.05) is 19.9 Å². The van der Waals surface area contributed by atoms with Gasteiger partial charge in [0.25, 0.3) is 5.91 Å². The summed E-state index contributed by atoms with van der Waals surface area (Å²) in [4.78, 5) is 28.6. The van der Waals surface area contributed by atoms with Crippen LogP contribution in [-0.2, 0) is 0 Å². The predicted octanol–water partition coefficient (Wildman–Crippen LogP) is 4.86. The Hall–Kier alpha value is -2.19. The van der Waals surface area contributed by atoms with Gasteiger partial charge in [-0.15, -0.1) is 11.3 Å². The lowest BCUT2D eigenvalue weighted by Crippen LogP contribution is -2.30. The van der Waals surface area contributed by atoms with Crippen LogP contribution in [-0.4, -0.2) is 50.4 Å². The van der Waals surface area contributed by atoms with Crippen molar-refractivity contribution in [3.05, 3.63) is 47.2 Å². The molecule has 3 aromatic heterocycles. The Morgan fingerprint density at radius 2 is 2.14 bits per heavy atom. The van der Waals surface area contributed by atoms with Gasteiger partial charge >= 0.3 is 0 Å². The summed E-state index contributed by atoms with van der Waals surface area (Å²) in [6.07, 6.45) is 4.90. The normalized spacial score (nSPS) is 17.0. The second-order valence-corrected chi connectivity index (χ2v) is 8.60. The van der Waals surface area contributed by atoms with Crippen molar-refractivity contribution in [1.29, 1.82) is 0 Å². The fourth-order valence-corrected chi connectivity index (χ4v) is 4.71. The molecular weight excluding hydrogens is 402 g/mol. The molecular formula is C21H27N5OS2. The van der Waals surface area contributed by atoms with Gasteiger partial charge in [0.05, 0.1) is 22.0 Å². The number of fused-ring (bicyclic) bond motifs is 1. The van der Waals surface area contributed by atoms with Crippen LogP contribution in [0.5, 0.6) is 0 Å². The van der Waals surface area contributed by atoms with Crippen molar-refractivity contribution in [3.8, 4) is 0 Å². The van der Waals surface area contributed by atoms with E-state index in [1.807, 2.05) is 67.1 Å². The largest absolute Gasteiger partial charge is 0.346 e. The van der Waals surface area contributed by atoms with Gasteiger partial charge in [-0.3, -0.25) is 9.78 Å². The highest BCUT2D eigenvalue weighted by molar-refractivity contribution is 7.99. The summed E-state index contributed by atoms with van der Waals surface area (Å²) in [5.74, 6) is 0.456. The van der Waals surface area contributed by atoms with E-state index in [1.165, 1.54) is 11.3 Å². The summed E-state index contributed by atoms with van der Waals surface area (Å²) in [7, 11) is 0. The van der Waals surface area contributed by atoms with Gasteiger partial charge in [0.2, 0.25) is 5.95 Å². The predicted molar refractivity (Wildman–Crippen MR) is 123 cm³/mol. The Morgan fingerprint density at radius 3 is 2.83 bits per heavy atom. The van der Waals surface area contributed by atoms with E-state index in [-0.39, 0.29) is 11.9 Å². The van der Waals surface area contributed by atoms with Crippen LogP contribution in [0.25, 0.3) is 10.2 Å². The molecule has 4 heterocycles. The summed E-state index contributed by atoms with van der Waals surface area (Å²) in [5.41, 5.74) is 2.20. The Kier molecular flexibility index (Phi) is 7.44. The van der Waals surface area contributed by atoms with E-state index in [0.29, 0.717) is 16.9 Å². The molecule has 1 aliphatic rings. The summed E-state index contributed by atoms with van der Waals surface area (Å²) >= 11 is 3.33. The highest BCUT2D eigenvalue weighted by Gasteiger charge is 2.29. The van der Waals surface area contributed by atoms with Crippen LogP contribution < -0.4 is 5.32 Å². The summed E-state index contributed by atoms with van der Waals surface area (Å²) in [6.45, 7) is 7.58. The molecule has 29 heavy (non-hydrogen) atoms. The van der Waals surface area contributed by atoms with Crippen LogP contribution >= 0.6 is 23.1 Å². The number of carbonyl (C=O) groups is 1. The lowest BCUT2D eigenvalue weighted by molar-refractivity contribution is 0.0790. The van der Waals surface area contributed by atoms with Gasteiger partial charge in [0.15, 0.2) is 5.69 Å². The van der Waals surface area contributed by atoms with Crippen molar-refractivity contribution in [2.75, 3.05) is 24.7 Å². The molecule has 0 aliphatic carbocycles. The van der Waals surface area contributed by atoms with Gasteiger partial charge in [-0.25, -0.2) is 9.97 Å². The third-order valence-corrected chi connectivity index (χ3v) is 6.71. The maximum atomic E-state index is 13.1. The average molecular weight is 430 g/mol. The van der Waals surface area contributed by atoms with Crippen molar-refractivity contribution < 1.29 is 4.79 Å². The van der Waals surface area contributed by atoms with Crippen LogP contribution in [0.2, 0.25) is 0 Å². The maximum Gasteiger partial charge on any atom is 0.274 e. The van der Waals surface area contributed by atoms with E-state index in [9.17, 15) is 4.79 Å². The molecule has 0 bridgehead atoms.